The van der Waals surface area contributed by atoms with E-state index >= 15 is 0 Å². The van der Waals surface area contributed by atoms with Crippen LogP contribution in [0.15, 0.2) is 30.3 Å². The lowest BCUT2D eigenvalue weighted by molar-refractivity contribution is -0.143. The number of hydrogen-bond donors (Lipinski definition) is 7. The van der Waals surface area contributed by atoms with Crippen LogP contribution < -0.4 is 27.4 Å². The molecule has 4 unspecified atom stereocenters. The Hall–Kier alpha value is -3.16. The van der Waals surface area contributed by atoms with Crippen LogP contribution in [0.1, 0.15) is 24.8 Å². The number of hydrogen-bond acceptors (Lipinski definition) is 8. The van der Waals surface area contributed by atoms with Gasteiger partial charge in [-0.3, -0.25) is 19.2 Å². The molecule has 35 heavy (non-hydrogen) atoms. The van der Waals surface area contributed by atoms with Crippen LogP contribution in [0.4, 0.5) is 0 Å². The Morgan fingerprint density at radius 3 is 2.03 bits per heavy atom. The van der Waals surface area contributed by atoms with E-state index < -0.39 is 60.4 Å². The van der Waals surface area contributed by atoms with E-state index in [-0.39, 0.29) is 25.7 Å². The van der Waals surface area contributed by atoms with E-state index in [4.69, 9.17) is 16.6 Å². The monoisotopic (exact) mass is 511 g/mol. The highest BCUT2D eigenvalue weighted by molar-refractivity contribution is 7.98. The fraction of sp³-hybridized carbons (Fsp3) is 0.500. The number of primary amides is 1. The number of carboxylic acids is 1. The second kappa shape index (κ2) is 15.7. The Balaban J connectivity index is 3.03. The number of thioether (sulfide) groups is 1. The molecule has 13 heteroatoms. The second-order valence-electron chi connectivity index (χ2n) is 7.79. The van der Waals surface area contributed by atoms with Gasteiger partial charge in [0.25, 0.3) is 0 Å². The third kappa shape index (κ3) is 11.2. The molecule has 1 rings (SSSR count). The normalized spacial score (nSPS) is 14.1. The molecule has 1 aromatic carbocycles. The second-order valence-corrected chi connectivity index (χ2v) is 8.77. The number of benzene rings is 1. The van der Waals surface area contributed by atoms with Gasteiger partial charge in [-0.05, 0) is 30.4 Å². The van der Waals surface area contributed by atoms with Gasteiger partial charge in [0.05, 0.1) is 12.6 Å². The van der Waals surface area contributed by atoms with E-state index in [9.17, 15) is 29.1 Å². The molecule has 4 amide bonds. The Morgan fingerprint density at radius 1 is 0.914 bits per heavy atom. The smallest absolute Gasteiger partial charge is 0.328 e. The zero-order chi connectivity index (χ0) is 26.4. The summed E-state index contributed by atoms with van der Waals surface area (Å²) in [6.45, 7) is -0.819. The molecule has 1 aromatic rings. The van der Waals surface area contributed by atoms with E-state index in [1.807, 2.05) is 0 Å². The molecule has 0 spiro atoms. The van der Waals surface area contributed by atoms with Crippen molar-refractivity contribution in [2.45, 2.75) is 49.9 Å². The summed E-state index contributed by atoms with van der Waals surface area (Å²) >= 11 is 1.42. The summed E-state index contributed by atoms with van der Waals surface area (Å²) in [6.07, 6.45) is 1.97. The van der Waals surface area contributed by atoms with Gasteiger partial charge in [0, 0.05) is 12.8 Å². The molecule has 0 saturated heterocycles. The number of amides is 4. The summed E-state index contributed by atoms with van der Waals surface area (Å²) in [4.78, 5) is 60.5. The first-order valence-corrected chi connectivity index (χ1v) is 12.3. The first-order valence-electron chi connectivity index (χ1n) is 10.9. The molecule has 0 heterocycles. The lowest BCUT2D eigenvalue weighted by atomic mass is 10.0. The molecule has 0 bridgehead atoms. The molecule has 12 nitrogen and oxygen atoms in total. The van der Waals surface area contributed by atoms with Crippen LogP contribution in [-0.4, -0.2) is 82.6 Å². The first-order chi connectivity index (χ1) is 16.6. The number of carboxylic acid groups (broad SMARTS) is 1. The fourth-order valence-electron chi connectivity index (χ4n) is 3.00. The molecular weight excluding hydrogens is 478 g/mol. The van der Waals surface area contributed by atoms with Crippen molar-refractivity contribution < 1.29 is 34.2 Å². The maximum absolute atomic E-state index is 13.1. The van der Waals surface area contributed by atoms with Crippen molar-refractivity contribution in [3.8, 4) is 0 Å². The quantitative estimate of drug-likeness (QED) is 0.132. The van der Waals surface area contributed by atoms with Crippen molar-refractivity contribution in [3.05, 3.63) is 35.9 Å². The van der Waals surface area contributed by atoms with Crippen LogP contribution in [-0.2, 0) is 30.4 Å². The van der Waals surface area contributed by atoms with Gasteiger partial charge in [-0.25, -0.2) is 4.79 Å². The molecule has 0 radical (unpaired) electrons. The van der Waals surface area contributed by atoms with Crippen LogP contribution in [0.25, 0.3) is 0 Å². The topological polar surface area (TPSA) is 214 Å². The largest absolute Gasteiger partial charge is 0.480 e. The number of aliphatic carboxylic acids is 1. The third-order valence-corrected chi connectivity index (χ3v) is 5.64. The van der Waals surface area contributed by atoms with Crippen LogP contribution in [0.2, 0.25) is 0 Å². The van der Waals surface area contributed by atoms with Gasteiger partial charge < -0.3 is 37.6 Å². The van der Waals surface area contributed by atoms with Crippen molar-refractivity contribution in [3.63, 3.8) is 0 Å². The summed E-state index contributed by atoms with van der Waals surface area (Å²) in [5.41, 5.74) is 11.7. The Labute approximate surface area is 207 Å². The maximum Gasteiger partial charge on any atom is 0.328 e. The summed E-state index contributed by atoms with van der Waals surface area (Å²) in [5.74, 6) is -3.69. The van der Waals surface area contributed by atoms with Gasteiger partial charge in [-0.1, -0.05) is 30.3 Å². The molecule has 0 aromatic heterocycles. The molecule has 194 valence electrons. The SMILES string of the molecule is CSCCC(NC(=O)C(Cc1ccccc1)NC(=O)C(N)CCC(N)=O)C(=O)NC(CO)C(=O)O. The van der Waals surface area contributed by atoms with E-state index in [0.29, 0.717) is 5.75 Å². The minimum atomic E-state index is -1.53. The molecule has 0 aliphatic carbocycles. The zero-order valence-electron chi connectivity index (χ0n) is 19.4. The molecule has 0 aliphatic heterocycles. The number of carbonyl (C=O) groups excluding carboxylic acids is 4. The van der Waals surface area contributed by atoms with Crippen LogP contribution >= 0.6 is 11.8 Å². The number of aliphatic hydroxyl groups excluding tert-OH is 1. The number of nitrogens with one attached hydrogen (secondary N) is 3. The average Bonchev–Trinajstić information content (AvgIpc) is 2.82. The van der Waals surface area contributed by atoms with Crippen molar-refractivity contribution in [2.75, 3.05) is 18.6 Å². The van der Waals surface area contributed by atoms with Gasteiger partial charge in [-0.2, -0.15) is 11.8 Å². The fourth-order valence-corrected chi connectivity index (χ4v) is 3.47. The van der Waals surface area contributed by atoms with E-state index in [1.165, 1.54) is 11.8 Å². The van der Waals surface area contributed by atoms with E-state index in [1.54, 1.807) is 36.6 Å². The van der Waals surface area contributed by atoms with E-state index in [0.717, 1.165) is 5.56 Å². The lowest BCUT2D eigenvalue weighted by Gasteiger charge is -2.25. The van der Waals surface area contributed by atoms with Crippen molar-refractivity contribution in [1.29, 1.82) is 0 Å². The van der Waals surface area contributed by atoms with Crippen molar-refractivity contribution >= 4 is 41.4 Å². The highest BCUT2D eigenvalue weighted by atomic mass is 32.2. The molecule has 0 fully saturated rings. The van der Waals surface area contributed by atoms with Gasteiger partial charge >= 0.3 is 5.97 Å². The van der Waals surface area contributed by atoms with Crippen LogP contribution in [0.3, 0.4) is 0 Å². The third-order valence-electron chi connectivity index (χ3n) is 4.99. The maximum atomic E-state index is 13.1. The average molecular weight is 512 g/mol. The zero-order valence-corrected chi connectivity index (χ0v) is 20.3. The van der Waals surface area contributed by atoms with E-state index in [2.05, 4.69) is 16.0 Å². The number of rotatable bonds is 16. The van der Waals surface area contributed by atoms with Gasteiger partial charge in [0.15, 0.2) is 0 Å². The van der Waals surface area contributed by atoms with Gasteiger partial charge in [-0.15, -0.1) is 0 Å². The highest BCUT2D eigenvalue weighted by Gasteiger charge is 2.30. The van der Waals surface area contributed by atoms with Gasteiger partial charge in [0.1, 0.15) is 18.1 Å². The number of aliphatic hydroxyl groups is 1. The standard InChI is InChI=1S/C22H33N5O7S/c1-35-10-9-15(20(31)27-17(12-28)22(33)34)25-21(32)16(11-13-5-3-2-4-6-13)26-19(30)14(23)7-8-18(24)29/h2-6,14-17,28H,7-12,23H2,1H3,(H2,24,29)(H,25,32)(H,26,30)(H,27,31)(H,33,34). The van der Waals surface area contributed by atoms with Crippen LogP contribution in [0, 0.1) is 0 Å². The van der Waals surface area contributed by atoms with Crippen LogP contribution in [0.5, 0.6) is 0 Å². The highest BCUT2D eigenvalue weighted by Crippen LogP contribution is 2.07. The van der Waals surface area contributed by atoms with Crippen molar-refractivity contribution in [1.82, 2.24) is 16.0 Å². The number of carbonyl (C=O) groups is 5. The molecule has 4 atom stereocenters. The Morgan fingerprint density at radius 2 is 1.49 bits per heavy atom. The lowest BCUT2D eigenvalue weighted by Crippen LogP contribution is -2.58. The Bertz CT molecular complexity index is 871. The molecule has 0 aliphatic rings. The summed E-state index contributed by atoms with van der Waals surface area (Å²) in [5, 5.41) is 25.6. The van der Waals surface area contributed by atoms with Gasteiger partial charge in [0.2, 0.25) is 23.6 Å². The number of nitrogens with two attached hydrogens (primary N) is 2. The molecular formula is C22H33N5O7S. The Kier molecular flexibility index (Phi) is 13.4. The minimum absolute atomic E-state index is 0.00265. The summed E-state index contributed by atoms with van der Waals surface area (Å²) in [6, 6.07) is 4.01. The predicted octanol–water partition coefficient (Wildman–Crippen LogP) is -1.89. The summed E-state index contributed by atoms with van der Waals surface area (Å²) < 4.78 is 0. The molecule has 0 saturated carbocycles. The van der Waals surface area contributed by atoms with Crippen molar-refractivity contribution in [2.24, 2.45) is 11.5 Å². The molecule has 9 N–H and O–H groups in total. The minimum Gasteiger partial charge on any atom is -0.480 e. The predicted molar refractivity (Wildman–Crippen MR) is 130 cm³/mol. The summed E-state index contributed by atoms with van der Waals surface area (Å²) in [7, 11) is 0. The first kappa shape index (κ1) is 29.9.